The molecule has 3 aromatic heterocycles. The monoisotopic (exact) mass is 762 g/mol. The number of nitrogens with zero attached hydrogens (tertiary/aromatic N) is 3. The average molecular weight is 763 g/mol. The number of carbonyl (C=O) groups is 3. The summed E-state index contributed by atoms with van der Waals surface area (Å²) >= 11 is 0. The van der Waals surface area contributed by atoms with Crippen LogP contribution in [0.4, 0.5) is 0 Å². The van der Waals surface area contributed by atoms with Crippen molar-refractivity contribution >= 4 is 17.9 Å². The van der Waals surface area contributed by atoms with Crippen molar-refractivity contribution in [3.05, 3.63) is 87.3 Å². The lowest BCUT2D eigenvalue weighted by atomic mass is 9.96. The van der Waals surface area contributed by atoms with Gasteiger partial charge in [0.15, 0.2) is 0 Å². The van der Waals surface area contributed by atoms with Gasteiger partial charge in [0.2, 0.25) is 0 Å². The molecule has 0 amide bonds. The molecule has 0 radical (unpaired) electrons. The summed E-state index contributed by atoms with van der Waals surface area (Å²) in [5, 5.41) is 38.9. The third-order valence-corrected chi connectivity index (χ3v) is 11.5. The van der Waals surface area contributed by atoms with Gasteiger partial charge >= 0.3 is 0 Å². The number of likely N-dealkylation sites (tertiary alicyclic amines) is 3. The first kappa shape index (κ1) is 45.1. The highest BCUT2D eigenvalue weighted by Crippen LogP contribution is 2.26. The van der Waals surface area contributed by atoms with Crippen LogP contribution in [0.5, 0.6) is 0 Å². The Hall–Kier alpha value is -4.30. The third-order valence-electron chi connectivity index (χ3n) is 11.5. The first-order chi connectivity index (χ1) is 25.9. The molecule has 0 aliphatic carbocycles. The average Bonchev–Trinajstić information content (AvgIpc) is 3.83. The molecule has 6 rings (SSSR count). The zero-order chi connectivity index (χ0) is 41.0. The molecule has 0 saturated carbocycles. The largest absolute Gasteiger partial charge is 0.550 e. The number of carboxylic acid groups (broad SMARTS) is 3. The van der Waals surface area contributed by atoms with Crippen LogP contribution in [0.1, 0.15) is 120 Å². The molecular weight excluding hydrogens is 700 g/mol. The highest BCUT2D eigenvalue weighted by molar-refractivity contribution is 5.86. The van der Waals surface area contributed by atoms with Crippen LogP contribution in [0.2, 0.25) is 0 Å². The van der Waals surface area contributed by atoms with Crippen LogP contribution in [0.3, 0.4) is 0 Å². The quantitative estimate of drug-likeness (QED) is 0.198. The number of aliphatic hydroxyl groups is 1. The number of nitrogens with one attached hydrogen (secondary N) is 3. The van der Waals surface area contributed by atoms with Gasteiger partial charge < -0.3 is 49.5 Å². The van der Waals surface area contributed by atoms with Crippen molar-refractivity contribution in [2.24, 2.45) is 0 Å². The molecule has 0 bridgehead atoms. The zero-order valence-electron chi connectivity index (χ0n) is 34.2. The second-order valence-electron chi connectivity index (χ2n) is 15.7. The molecule has 6 atom stereocenters. The van der Waals surface area contributed by atoms with Crippen molar-refractivity contribution in [2.45, 2.75) is 117 Å². The van der Waals surface area contributed by atoms with Crippen molar-refractivity contribution in [1.82, 2.24) is 15.0 Å². The molecule has 13 heteroatoms. The van der Waals surface area contributed by atoms with Crippen molar-refractivity contribution in [3.63, 3.8) is 0 Å². The van der Waals surface area contributed by atoms with Gasteiger partial charge in [0.05, 0.1) is 46.7 Å². The minimum atomic E-state index is -2.97. The van der Waals surface area contributed by atoms with Crippen molar-refractivity contribution in [3.8, 4) is 0 Å². The Morgan fingerprint density at radius 2 is 0.873 bits per heavy atom. The molecule has 0 aromatic carbocycles. The number of hydrogen-bond donors (Lipinski definition) is 4. The van der Waals surface area contributed by atoms with Gasteiger partial charge in [0.1, 0.15) is 23.7 Å². The highest BCUT2D eigenvalue weighted by atomic mass is 16.4. The van der Waals surface area contributed by atoms with E-state index >= 15 is 0 Å². The maximum atomic E-state index is 10.1. The number of quaternary nitrogens is 3. The molecule has 3 aromatic rings. The minimum absolute atomic E-state index is 0.684. The number of aryl methyl sites for hydroxylation is 6. The molecule has 0 spiro atoms. The molecule has 3 aliphatic heterocycles. The van der Waals surface area contributed by atoms with Crippen LogP contribution in [0, 0.1) is 41.5 Å². The number of aliphatic carboxylic acids is 3. The van der Waals surface area contributed by atoms with Crippen LogP contribution in [0.25, 0.3) is 0 Å². The number of rotatable bonds is 8. The standard InChI is InChI=1S/3C12H18N2.C6H8O7/c3*1-9-6-7-13-10(2)12(9)11-5-4-8-14(11)3;7-3(8)1-6(13,5(11)12)2-4(9)10/h3*6-7,11H,4-5,8H2,1-3H3;13H,1-2H2,(H,7,8)(H,9,10)(H,11,12)/t3*11-;/m000./s1. The van der Waals surface area contributed by atoms with Crippen LogP contribution in [-0.2, 0) is 14.4 Å². The number of hydrogen-bond acceptors (Lipinski definition) is 10. The van der Waals surface area contributed by atoms with E-state index in [2.05, 4.69) is 95.8 Å². The highest BCUT2D eigenvalue weighted by Gasteiger charge is 2.32. The fraction of sp³-hybridized carbons (Fsp3) is 0.571. The lowest BCUT2D eigenvalue weighted by Gasteiger charge is -2.29. The van der Waals surface area contributed by atoms with Crippen molar-refractivity contribution < 1.29 is 49.5 Å². The molecule has 6 heterocycles. The van der Waals surface area contributed by atoms with Gasteiger partial charge in [-0.3, -0.25) is 15.0 Å². The normalized spacial score (nSPS) is 23.0. The lowest BCUT2D eigenvalue weighted by molar-refractivity contribution is -0.898. The molecule has 302 valence electrons. The smallest absolute Gasteiger partial charge is 0.115 e. The van der Waals surface area contributed by atoms with E-state index in [0.717, 1.165) is 0 Å². The van der Waals surface area contributed by atoms with Crippen LogP contribution >= 0.6 is 0 Å². The number of pyridine rings is 3. The maximum absolute atomic E-state index is 10.1. The Kier molecular flexibility index (Phi) is 16.9. The van der Waals surface area contributed by atoms with E-state index in [4.69, 9.17) is 5.11 Å². The lowest BCUT2D eigenvalue weighted by Crippen LogP contribution is -3.07. The number of carbonyl (C=O) groups excluding carboxylic acids is 3. The molecule has 13 nitrogen and oxygen atoms in total. The van der Waals surface area contributed by atoms with E-state index in [1.54, 1.807) is 14.7 Å². The Morgan fingerprint density at radius 3 is 1.05 bits per heavy atom. The summed E-state index contributed by atoms with van der Waals surface area (Å²) in [5.74, 6) is -5.98. The Morgan fingerprint density at radius 1 is 0.600 bits per heavy atom. The van der Waals surface area contributed by atoms with E-state index in [9.17, 15) is 29.7 Å². The van der Waals surface area contributed by atoms with Gasteiger partial charge in [-0.1, -0.05) is 0 Å². The molecule has 3 aliphatic rings. The molecule has 3 fully saturated rings. The summed E-state index contributed by atoms with van der Waals surface area (Å²) in [4.78, 5) is 48.1. The van der Waals surface area contributed by atoms with E-state index in [1.165, 1.54) is 109 Å². The van der Waals surface area contributed by atoms with Crippen LogP contribution < -0.4 is 30.0 Å². The SMILES string of the molecule is Cc1ccnc(C)c1[C@@H]1CCC[NH+]1C.Cc1ccnc(C)c1[C@@H]1CCC[NH+]1C.Cc1ccnc(C)c1[C@@H]1CCC[NH+]1C.O=C([O-])CC(O)(CC(=O)[O-])C(=O)[O-]. The van der Waals surface area contributed by atoms with Gasteiger partial charge in [-0.15, -0.1) is 0 Å². The first-order valence-electron chi connectivity index (χ1n) is 19.4. The molecular formula is C42H62N6O7. The van der Waals surface area contributed by atoms with Crippen LogP contribution in [-0.4, -0.2) is 84.3 Å². The van der Waals surface area contributed by atoms with Gasteiger partial charge in [-0.2, -0.15) is 0 Å². The summed E-state index contributed by atoms with van der Waals surface area (Å²) < 4.78 is 0. The predicted molar refractivity (Wildman–Crippen MR) is 202 cm³/mol. The van der Waals surface area contributed by atoms with E-state index < -0.39 is 36.4 Å². The Balaban J connectivity index is 0.000000197. The second-order valence-corrected chi connectivity index (χ2v) is 15.7. The summed E-state index contributed by atoms with van der Waals surface area (Å²) in [6.45, 7) is 16.9. The fourth-order valence-electron chi connectivity index (χ4n) is 8.57. The van der Waals surface area contributed by atoms with Gasteiger partial charge in [-0.05, 0) is 76.4 Å². The van der Waals surface area contributed by atoms with Gasteiger partial charge in [0.25, 0.3) is 0 Å². The molecule has 4 N–H and O–H groups in total. The van der Waals surface area contributed by atoms with E-state index in [0.29, 0.717) is 18.1 Å². The van der Waals surface area contributed by atoms with Gasteiger partial charge in [-0.25, -0.2) is 0 Å². The topological polar surface area (TPSA) is 193 Å². The first-order valence-corrected chi connectivity index (χ1v) is 19.4. The van der Waals surface area contributed by atoms with Gasteiger partial charge in [0, 0.05) is 116 Å². The second kappa shape index (κ2) is 20.6. The molecule has 3 unspecified atom stereocenters. The summed E-state index contributed by atoms with van der Waals surface area (Å²) in [6, 6.07) is 8.45. The maximum Gasteiger partial charge on any atom is 0.115 e. The zero-order valence-corrected chi connectivity index (χ0v) is 34.2. The Labute approximate surface area is 326 Å². The summed E-state index contributed by atoms with van der Waals surface area (Å²) in [6.07, 6.45) is 11.0. The fourth-order valence-corrected chi connectivity index (χ4v) is 8.57. The number of aromatic nitrogens is 3. The molecule has 55 heavy (non-hydrogen) atoms. The molecule has 3 saturated heterocycles. The number of carboxylic acids is 3. The van der Waals surface area contributed by atoms with Crippen LogP contribution in [0.15, 0.2) is 36.8 Å². The van der Waals surface area contributed by atoms with E-state index in [-0.39, 0.29) is 0 Å². The third kappa shape index (κ3) is 12.3. The van der Waals surface area contributed by atoms with Crippen molar-refractivity contribution in [2.75, 3.05) is 40.8 Å². The predicted octanol–water partition coefficient (Wildman–Crippen LogP) is -2.11. The van der Waals surface area contributed by atoms with Crippen molar-refractivity contribution in [1.29, 1.82) is 0 Å². The summed E-state index contributed by atoms with van der Waals surface area (Å²) in [7, 11) is 6.89. The Bertz CT molecular complexity index is 1530. The van der Waals surface area contributed by atoms with E-state index in [1.807, 2.05) is 18.6 Å². The minimum Gasteiger partial charge on any atom is -0.550 e. The summed E-state index contributed by atoms with van der Waals surface area (Å²) in [5.41, 5.74) is 9.37.